The van der Waals surface area contributed by atoms with Gasteiger partial charge in [0.15, 0.2) is 0 Å². The molecule has 0 aromatic carbocycles. The first-order valence-corrected chi connectivity index (χ1v) is 4.98. The zero-order chi connectivity index (χ0) is 10.6. The highest BCUT2D eigenvalue weighted by Crippen LogP contribution is 2.10. The quantitative estimate of drug-likeness (QED) is 0.831. The van der Waals surface area contributed by atoms with Gasteiger partial charge < -0.3 is 10.2 Å². The fourth-order valence-corrected chi connectivity index (χ4v) is 1.42. The molecule has 14 heavy (non-hydrogen) atoms. The third kappa shape index (κ3) is 3.94. The average molecular weight is 214 g/mol. The Bertz CT molecular complexity index is 271. The van der Waals surface area contributed by atoms with Gasteiger partial charge in [0.25, 0.3) is 0 Å². The summed E-state index contributed by atoms with van der Waals surface area (Å²) in [6.07, 6.45) is 1.65. The Labute approximate surface area is 90.1 Å². The minimum Gasteiger partial charge on any atom is -0.366 e. The Morgan fingerprint density at radius 2 is 2.21 bits per heavy atom. The summed E-state index contributed by atoms with van der Waals surface area (Å²) in [4.78, 5) is 6.30. The molecule has 0 aliphatic rings. The second-order valence-corrected chi connectivity index (χ2v) is 4.11. The summed E-state index contributed by atoms with van der Waals surface area (Å²) in [6, 6.07) is 4.09. The monoisotopic (exact) mass is 213 g/mol. The molecule has 0 fully saturated rings. The number of pyridine rings is 1. The number of hydrogen-bond donors (Lipinski definition) is 1. The molecule has 0 saturated carbocycles. The van der Waals surface area contributed by atoms with Gasteiger partial charge in [-0.1, -0.05) is 11.6 Å². The molecule has 78 valence electrons. The Morgan fingerprint density at radius 3 is 2.71 bits per heavy atom. The van der Waals surface area contributed by atoms with Crippen molar-refractivity contribution in [3.8, 4) is 0 Å². The third-order valence-electron chi connectivity index (χ3n) is 1.76. The third-order valence-corrected chi connectivity index (χ3v) is 1.98. The SMILES string of the molecule is CC(CN(C)C)Nc1ccc(Cl)cn1. The highest BCUT2D eigenvalue weighted by atomic mass is 35.5. The van der Waals surface area contributed by atoms with Crippen LogP contribution in [-0.4, -0.2) is 36.6 Å². The predicted molar refractivity (Wildman–Crippen MR) is 60.9 cm³/mol. The Morgan fingerprint density at radius 1 is 1.50 bits per heavy atom. The number of anilines is 1. The summed E-state index contributed by atoms with van der Waals surface area (Å²) in [5.41, 5.74) is 0. The molecule has 0 radical (unpaired) electrons. The number of likely N-dealkylation sites (N-methyl/N-ethyl adjacent to an activating group) is 1. The Hall–Kier alpha value is -0.800. The molecular weight excluding hydrogens is 198 g/mol. The highest BCUT2D eigenvalue weighted by Gasteiger charge is 2.03. The predicted octanol–water partition coefficient (Wildman–Crippen LogP) is 2.10. The number of aromatic nitrogens is 1. The van der Waals surface area contributed by atoms with Gasteiger partial charge in [-0.3, -0.25) is 0 Å². The highest BCUT2D eigenvalue weighted by molar-refractivity contribution is 6.30. The molecule has 0 aliphatic carbocycles. The number of nitrogens with zero attached hydrogens (tertiary/aromatic N) is 2. The van der Waals surface area contributed by atoms with Gasteiger partial charge in [-0.05, 0) is 33.2 Å². The van der Waals surface area contributed by atoms with Crippen LogP contribution in [0.1, 0.15) is 6.92 Å². The maximum absolute atomic E-state index is 5.73. The van der Waals surface area contributed by atoms with E-state index in [-0.39, 0.29) is 0 Å². The molecule has 1 heterocycles. The van der Waals surface area contributed by atoms with Crippen molar-refractivity contribution in [1.29, 1.82) is 0 Å². The first-order valence-electron chi connectivity index (χ1n) is 4.61. The van der Waals surface area contributed by atoms with Crippen LogP contribution in [0.15, 0.2) is 18.3 Å². The van der Waals surface area contributed by atoms with E-state index in [0.717, 1.165) is 12.4 Å². The molecule has 1 rings (SSSR count). The lowest BCUT2D eigenvalue weighted by atomic mass is 10.3. The second-order valence-electron chi connectivity index (χ2n) is 3.67. The Balaban J connectivity index is 2.47. The van der Waals surface area contributed by atoms with Crippen molar-refractivity contribution in [2.75, 3.05) is 26.0 Å². The topological polar surface area (TPSA) is 28.2 Å². The largest absolute Gasteiger partial charge is 0.366 e. The number of rotatable bonds is 4. The minimum atomic E-state index is 0.374. The van der Waals surface area contributed by atoms with E-state index in [4.69, 9.17) is 11.6 Å². The van der Waals surface area contributed by atoms with Gasteiger partial charge in [-0.2, -0.15) is 0 Å². The molecule has 0 amide bonds. The maximum Gasteiger partial charge on any atom is 0.126 e. The van der Waals surface area contributed by atoms with Crippen LogP contribution in [0.2, 0.25) is 5.02 Å². The normalized spacial score (nSPS) is 12.9. The second kappa shape index (κ2) is 5.17. The zero-order valence-electron chi connectivity index (χ0n) is 8.79. The molecule has 0 bridgehead atoms. The van der Waals surface area contributed by atoms with Gasteiger partial charge in [0, 0.05) is 18.8 Å². The van der Waals surface area contributed by atoms with Crippen molar-refractivity contribution >= 4 is 17.4 Å². The number of halogens is 1. The van der Waals surface area contributed by atoms with Crippen LogP contribution >= 0.6 is 11.6 Å². The molecule has 1 N–H and O–H groups in total. The molecule has 0 spiro atoms. The van der Waals surface area contributed by atoms with Crippen molar-refractivity contribution in [1.82, 2.24) is 9.88 Å². The van der Waals surface area contributed by atoms with Gasteiger partial charge >= 0.3 is 0 Å². The molecule has 0 saturated heterocycles. The summed E-state index contributed by atoms with van der Waals surface area (Å²) >= 11 is 5.73. The van der Waals surface area contributed by atoms with Crippen LogP contribution in [0.4, 0.5) is 5.82 Å². The fraction of sp³-hybridized carbons (Fsp3) is 0.500. The van der Waals surface area contributed by atoms with Crippen molar-refractivity contribution in [2.45, 2.75) is 13.0 Å². The Kier molecular flexibility index (Phi) is 4.17. The van der Waals surface area contributed by atoms with Gasteiger partial charge in [-0.15, -0.1) is 0 Å². The lowest BCUT2D eigenvalue weighted by Gasteiger charge is -2.18. The van der Waals surface area contributed by atoms with Crippen molar-refractivity contribution in [3.05, 3.63) is 23.4 Å². The summed E-state index contributed by atoms with van der Waals surface area (Å²) in [5.74, 6) is 0.865. The molecule has 1 atom stereocenters. The van der Waals surface area contributed by atoms with E-state index in [1.807, 2.05) is 26.2 Å². The molecular formula is C10H16ClN3. The maximum atomic E-state index is 5.73. The molecule has 0 aliphatic heterocycles. The van der Waals surface area contributed by atoms with Gasteiger partial charge in [-0.25, -0.2) is 4.98 Å². The van der Waals surface area contributed by atoms with E-state index < -0.39 is 0 Å². The summed E-state index contributed by atoms with van der Waals surface area (Å²) < 4.78 is 0. The van der Waals surface area contributed by atoms with E-state index in [2.05, 4.69) is 22.1 Å². The first-order chi connectivity index (χ1) is 6.58. The minimum absolute atomic E-state index is 0.374. The van der Waals surface area contributed by atoms with Gasteiger partial charge in [0.05, 0.1) is 5.02 Å². The lowest BCUT2D eigenvalue weighted by molar-refractivity contribution is 0.392. The number of hydrogen-bond acceptors (Lipinski definition) is 3. The number of nitrogens with one attached hydrogen (secondary N) is 1. The standard InChI is InChI=1S/C10H16ClN3/c1-8(7-14(2)3)13-10-5-4-9(11)6-12-10/h4-6,8H,7H2,1-3H3,(H,12,13). The van der Waals surface area contributed by atoms with Crippen LogP contribution in [0, 0.1) is 0 Å². The van der Waals surface area contributed by atoms with Crippen LogP contribution in [0.25, 0.3) is 0 Å². The molecule has 1 aromatic heterocycles. The molecule has 4 heteroatoms. The van der Waals surface area contributed by atoms with Crippen LogP contribution in [0.5, 0.6) is 0 Å². The van der Waals surface area contributed by atoms with Gasteiger partial charge in [0.1, 0.15) is 5.82 Å². The molecule has 1 unspecified atom stereocenters. The first kappa shape index (κ1) is 11.3. The van der Waals surface area contributed by atoms with Crippen LogP contribution < -0.4 is 5.32 Å². The van der Waals surface area contributed by atoms with E-state index in [9.17, 15) is 0 Å². The van der Waals surface area contributed by atoms with Crippen molar-refractivity contribution < 1.29 is 0 Å². The average Bonchev–Trinajstić information content (AvgIpc) is 2.07. The van der Waals surface area contributed by atoms with Gasteiger partial charge in [0.2, 0.25) is 0 Å². The van der Waals surface area contributed by atoms with Crippen LogP contribution in [0.3, 0.4) is 0 Å². The van der Waals surface area contributed by atoms with Crippen molar-refractivity contribution in [3.63, 3.8) is 0 Å². The molecule has 1 aromatic rings. The van der Waals surface area contributed by atoms with E-state index in [1.165, 1.54) is 0 Å². The lowest BCUT2D eigenvalue weighted by Crippen LogP contribution is -2.29. The van der Waals surface area contributed by atoms with Crippen molar-refractivity contribution in [2.24, 2.45) is 0 Å². The van der Waals surface area contributed by atoms with Crippen LogP contribution in [-0.2, 0) is 0 Å². The summed E-state index contributed by atoms with van der Waals surface area (Å²) in [6.45, 7) is 3.10. The fourth-order valence-electron chi connectivity index (χ4n) is 1.31. The van der Waals surface area contributed by atoms with E-state index in [1.54, 1.807) is 6.20 Å². The van der Waals surface area contributed by atoms with E-state index >= 15 is 0 Å². The smallest absolute Gasteiger partial charge is 0.126 e. The van der Waals surface area contributed by atoms with E-state index in [0.29, 0.717) is 11.1 Å². The summed E-state index contributed by atoms with van der Waals surface area (Å²) in [7, 11) is 4.10. The molecule has 3 nitrogen and oxygen atoms in total. The summed E-state index contributed by atoms with van der Waals surface area (Å²) in [5, 5.41) is 3.95. The zero-order valence-corrected chi connectivity index (χ0v) is 9.54.